The molecule has 1 saturated heterocycles. The third-order valence-corrected chi connectivity index (χ3v) is 3.62. The first-order valence-corrected chi connectivity index (χ1v) is 5.15. The lowest BCUT2D eigenvalue weighted by molar-refractivity contribution is -0.132. The average Bonchev–Trinajstić information content (AvgIpc) is 2.59. The number of ketones is 1. The molecule has 0 radical (unpaired) electrons. The Hall–Kier alpha value is -1.06. The normalized spacial score (nSPS) is 25.7. The van der Waals surface area contributed by atoms with E-state index in [9.17, 15) is 9.59 Å². The number of carbonyl (C=O) groups excluding carboxylic acids is 1. The number of amides is 1. The molecule has 1 spiro atoms. The third kappa shape index (κ3) is 1.38. The molecule has 2 rings (SSSR count). The van der Waals surface area contributed by atoms with Gasteiger partial charge in [0.05, 0.1) is 6.54 Å². The van der Waals surface area contributed by atoms with Crippen molar-refractivity contribution in [2.75, 3.05) is 13.1 Å². The topological polar surface area (TPSA) is 57.6 Å². The van der Waals surface area contributed by atoms with Gasteiger partial charge in [-0.05, 0) is 19.3 Å². The average molecular weight is 197 g/mol. The zero-order valence-corrected chi connectivity index (χ0v) is 8.16. The Morgan fingerprint density at radius 1 is 1.29 bits per heavy atom. The maximum atomic E-state index is 11.8. The Morgan fingerprint density at radius 2 is 1.93 bits per heavy atom. The molecule has 78 valence electrons. The Kier molecular flexibility index (Phi) is 2.21. The van der Waals surface area contributed by atoms with Crippen molar-refractivity contribution < 1.29 is 14.7 Å². The van der Waals surface area contributed by atoms with E-state index in [4.69, 9.17) is 5.11 Å². The largest absolute Gasteiger partial charge is 0.465 e. The van der Waals surface area contributed by atoms with Crippen molar-refractivity contribution in [1.82, 2.24) is 4.90 Å². The van der Waals surface area contributed by atoms with E-state index in [2.05, 4.69) is 0 Å². The SMILES string of the molecule is O=C(O)N1CCC2(CCCC2)C(=O)C1. The van der Waals surface area contributed by atoms with Crippen LogP contribution in [0.15, 0.2) is 0 Å². The summed E-state index contributed by atoms with van der Waals surface area (Å²) in [5.74, 6) is 0.142. The van der Waals surface area contributed by atoms with Crippen LogP contribution in [0.3, 0.4) is 0 Å². The number of piperidine rings is 1. The summed E-state index contributed by atoms with van der Waals surface area (Å²) in [7, 11) is 0. The molecule has 1 heterocycles. The third-order valence-electron chi connectivity index (χ3n) is 3.62. The van der Waals surface area contributed by atoms with Gasteiger partial charge < -0.3 is 10.0 Å². The summed E-state index contributed by atoms with van der Waals surface area (Å²) in [5, 5.41) is 8.76. The zero-order valence-electron chi connectivity index (χ0n) is 8.16. The van der Waals surface area contributed by atoms with Crippen LogP contribution in [0, 0.1) is 5.41 Å². The van der Waals surface area contributed by atoms with E-state index in [1.54, 1.807) is 0 Å². The molecule has 1 N–H and O–H groups in total. The molecule has 1 saturated carbocycles. The summed E-state index contributed by atoms with van der Waals surface area (Å²) in [6.07, 6.45) is 3.96. The number of carbonyl (C=O) groups is 2. The number of likely N-dealkylation sites (tertiary alicyclic amines) is 1. The minimum absolute atomic E-state index is 0.106. The fraction of sp³-hybridized carbons (Fsp3) is 0.800. The van der Waals surface area contributed by atoms with Crippen LogP contribution in [0.2, 0.25) is 0 Å². The summed E-state index contributed by atoms with van der Waals surface area (Å²) >= 11 is 0. The Bertz CT molecular complexity index is 269. The van der Waals surface area contributed by atoms with Crippen LogP contribution < -0.4 is 0 Å². The van der Waals surface area contributed by atoms with Crippen molar-refractivity contribution in [3.63, 3.8) is 0 Å². The van der Waals surface area contributed by atoms with Gasteiger partial charge in [0.15, 0.2) is 5.78 Å². The molecule has 2 aliphatic rings. The molecule has 1 aliphatic heterocycles. The fourth-order valence-electron chi connectivity index (χ4n) is 2.65. The van der Waals surface area contributed by atoms with Gasteiger partial charge >= 0.3 is 6.09 Å². The van der Waals surface area contributed by atoms with E-state index in [1.165, 1.54) is 4.90 Å². The monoisotopic (exact) mass is 197 g/mol. The zero-order chi connectivity index (χ0) is 10.2. The van der Waals surface area contributed by atoms with Gasteiger partial charge in [0.1, 0.15) is 0 Å². The Morgan fingerprint density at radius 3 is 2.43 bits per heavy atom. The van der Waals surface area contributed by atoms with Crippen molar-refractivity contribution in [3.8, 4) is 0 Å². The van der Waals surface area contributed by atoms with Crippen molar-refractivity contribution >= 4 is 11.9 Å². The van der Waals surface area contributed by atoms with Gasteiger partial charge in [-0.25, -0.2) is 4.79 Å². The smallest absolute Gasteiger partial charge is 0.407 e. The predicted octanol–water partition coefficient (Wildman–Crippen LogP) is 1.50. The lowest BCUT2D eigenvalue weighted by Gasteiger charge is -2.36. The van der Waals surface area contributed by atoms with Gasteiger partial charge in [-0.3, -0.25) is 4.79 Å². The first-order chi connectivity index (χ1) is 6.64. The number of nitrogens with zero attached hydrogens (tertiary/aromatic N) is 1. The number of Topliss-reactive ketones (excluding diaryl/α,β-unsaturated/α-hetero) is 1. The Balaban J connectivity index is 2.07. The molecule has 0 aromatic carbocycles. The highest BCUT2D eigenvalue weighted by atomic mass is 16.4. The molecule has 0 aromatic heterocycles. The molecule has 1 aliphatic carbocycles. The van der Waals surface area contributed by atoms with E-state index in [1.807, 2.05) is 0 Å². The van der Waals surface area contributed by atoms with Crippen LogP contribution >= 0.6 is 0 Å². The van der Waals surface area contributed by atoms with Gasteiger partial charge in [0, 0.05) is 12.0 Å². The maximum Gasteiger partial charge on any atom is 0.407 e. The minimum Gasteiger partial charge on any atom is -0.465 e. The minimum atomic E-state index is -0.966. The molecule has 4 heteroatoms. The predicted molar refractivity (Wildman–Crippen MR) is 50.1 cm³/mol. The lowest BCUT2D eigenvalue weighted by Crippen LogP contribution is -2.48. The maximum absolute atomic E-state index is 11.8. The molecular formula is C10H15NO3. The number of hydrogen-bond acceptors (Lipinski definition) is 2. The molecule has 1 amide bonds. The lowest BCUT2D eigenvalue weighted by atomic mass is 9.76. The summed E-state index contributed by atoms with van der Waals surface area (Å²) < 4.78 is 0. The van der Waals surface area contributed by atoms with Crippen LogP contribution in [-0.2, 0) is 4.79 Å². The van der Waals surface area contributed by atoms with Crippen LogP contribution in [0.5, 0.6) is 0 Å². The van der Waals surface area contributed by atoms with E-state index >= 15 is 0 Å². The molecule has 0 aromatic rings. The number of carboxylic acid groups (broad SMARTS) is 1. The second-order valence-electron chi connectivity index (χ2n) is 4.36. The quantitative estimate of drug-likeness (QED) is 0.640. The molecule has 0 unspecified atom stereocenters. The summed E-state index contributed by atoms with van der Waals surface area (Å²) in [6.45, 7) is 0.635. The highest BCUT2D eigenvalue weighted by Crippen LogP contribution is 2.43. The number of hydrogen-bond donors (Lipinski definition) is 1. The summed E-state index contributed by atoms with van der Waals surface area (Å²) in [6, 6.07) is 0. The van der Waals surface area contributed by atoms with Crippen molar-refractivity contribution in [3.05, 3.63) is 0 Å². The van der Waals surface area contributed by atoms with Crippen LogP contribution in [-0.4, -0.2) is 35.0 Å². The molecular weight excluding hydrogens is 182 g/mol. The summed E-state index contributed by atoms with van der Waals surface area (Å²) in [5.41, 5.74) is -0.147. The highest BCUT2D eigenvalue weighted by Gasteiger charge is 2.44. The highest BCUT2D eigenvalue weighted by molar-refractivity contribution is 5.90. The fourth-order valence-corrected chi connectivity index (χ4v) is 2.65. The van der Waals surface area contributed by atoms with Gasteiger partial charge in [-0.1, -0.05) is 12.8 Å². The molecule has 14 heavy (non-hydrogen) atoms. The van der Waals surface area contributed by atoms with Gasteiger partial charge in [-0.2, -0.15) is 0 Å². The first kappa shape index (κ1) is 9.49. The second-order valence-corrected chi connectivity index (χ2v) is 4.36. The molecule has 2 fully saturated rings. The standard InChI is InChI=1S/C10H15NO3/c12-8-7-11(9(13)14)6-5-10(8)3-1-2-4-10/h1-7H2,(H,13,14). The molecule has 0 atom stereocenters. The van der Waals surface area contributed by atoms with Crippen molar-refractivity contribution in [1.29, 1.82) is 0 Å². The van der Waals surface area contributed by atoms with E-state index in [-0.39, 0.29) is 17.7 Å². The van der Waals surface area contributed by atoms with Gasteiger partial charge in [0.2, 0.25) is 0 Å². The molecule has 4 nitrogen and oxygen atoms in total. The summed E-state index contributed by atoms with van der Waals surface area (Å²) in [4.78, 5) is 23.7. The van der Waals surface area contributed by atoms with Crippen LogP contribution in [0.4, 0.5) is 4.79 Å². The van der Waals surface area contributed by atoms with Crippen LogP contribution in [0.25, 0.3) is 0 Å². The molecule has 0 bridgehead atoms. The Labute approximate surface area is 82.9 Å². The van der Waals surface area contributed by atoms with Crippen molar-refractivity contribution in [2.45, 2.75) is 32.1 Å². The first-order valence-electron chi connectivity index (χ1n) is 5.15. The van der Waals surface area contributed by atoms with Crippen LogP contribution in [0.1, 0.15) is 32.1 Å². The number of rotatable bonds is 0. The van der Waals surface area contributed by atoms with E-state index < -0.39 is 6.09 Å². The van der Waals surface area contributed by atoms with Crippen molar-refractivity contribution in [2.24, 2.45) is 5.41 Å². The van der Waals surface area contributed by atoms with E-state index in [0.717, 1.165) is 32.1 Å². The van der Waals surface area contributed by atoms with Gasteiger partial charge in [-0.15, -0.1) is 0 Å². The van der Waals surface area contributed by atoms with E-state index in [0.29, 0.717) is 6.54 Å². The van der Waals surface area contributed by atoms with Gasteiger partial charge in [0.25, 0.3) is 0 Å². The second kappa shape index (κ2) is 3.26.